The summed E-state index contributed by atoms with van der Waals surface area (Å²) < 4.78 is 23.4. The maximum atomic E-state index is 13.0. The lowest BCUT2D eigenvalue weighted by atomic mass is 10.0. The van der Waals surface area contributed by atoms with Crippen molar-refractivity contribution in [2.45, 2.75) is 341 Å². The zero-order valence-electron chi connectivity index (χ0n) is 50.8. The molecule has 0 aromatic carbocycles. The van der Waals surface area contributed by atoms with Crippen LogP contribution in [0.5, 0.6) is 0 Å². The summed E-state index contributed by atoms with van der Waals surface area (Å²) in [6.07, 6.45) is 75.4. The van der Waals surface area contributed by atoms with Gasteiger partial charge in [-0.1, -0.05) is 307 Å². The van der Waals surface area contributed by atoms with Gasteiger partial charge in [-0.3, -0.25) is 9.36 Å². The van der Waals surface area contributed by atoms with E-state index in [0.29, 0.717) is 17.4 Å². The first-order valence-corrected chi connectivity index (χ1v) is 34.3. The van der Waals surface area contributed by atoms with Gasteiger partial charge in [0.05, 0.1) is 39.9 Å². The van der Waals surface area contributed by atoms with Crippen LogP contribution in [0.1, 0.15) is 328 Å². The summed E-state index contributed by atoms with van der Waals surface area (Å²) in [7, 11) is 1.27. The van der Waals surface area contributed by atoms with Gasteiger partial charge in [-0.25, -0.2) is 0 Å². The van der Waals surface area contributed by atoms with Crippen LogP contribution >= 0.6 is 7.82 Å². The fourth-order valence-corrected chi connectivity index (χ4v) is 10.7. The molecule has 0 fully saturated rings. The first-order chi connectivity index (χ1) is 36.5. The van der Waals surface area contributed by atoms with E-state index in [4.69, 9.17) is 9.05 Å². The number of unbranched alkanes of at least 4 members (excludes halogenated alkanes) is 44. The van der Waals surface area contributed by atoms with E-state index in [0.717, 1.165) is 44.9 Å². The highest BCUT2D eigenvalue weighted by molar-refractivity contribution is 7.45. The van der Waals surface area contributed by atoms with Gasteiger partial charge in [-0.2, -0.15) is 0 Å². The number of phosphoric ester groups is 1. The van der Waals surface area contributed by atoms with E-state index in [1.165, 1.54) is 263 Å². The number of allylic oxidation sites excluding steroid dienone is 5. The van der Waals surface area contributed by atoms with Crippen LogP contribution in [0.15, 0.2) is 36.5 Å². The summed E-state index contributed by atoms with van der Waals surface area (Å²) in [5.41, 5.74) is 0. The summed E-state index contributed by atoms with van der Waals surface area (Å²) in [4.78, 5) is 25.5. The molecule has 2 N–H and O–H groups in total. The van der Waals surface area contributed by atoms with Gasteiger partial charge in [0.15, 0.2) is 0 Å². The minimum atomic E-state index is -4.60. The second kappa shape index (κ2) is 57.4. The fraction of sp³-hybridized carbons (Fsp3) is 0.894. The molecule has 444 valence electrons. The highest BCUT2D eigenvalue weighted by Gasteiger charge is 2.23. The number of hydrogen-bond donors (Lipinski definition) is 2. The molecule has 0 aromatic heterocycles. The maximum Gasteiger partial charge on any atom is 0.268 e. The minimum absolute atomic E-state index is 0.000463. The third-order valence-corrected chi connectivity index (χ3v) is 16.1. The number of aliphatic hydroxyl groups is 1. The van der Waals surface area contributed by atoms with Gasteiger partial charge in [0.2, 0.25) is 5.91 Å². The van der Waals surface area contributed by atoms with Crippen molar-refractivity contribution in [1.82, 2.24) is 5.32 Å². The number of amides is 1. The van der Waals surface area contributed by atoms with Crippen LogP contribution in [-0.2, 0) is 18.4 Å². The summed E-state index contributed by atoms with van der Waals surface area (Å²) >= 11 is 0. The Morgan fingerprint density at radius 2 is 0.773 bits per heavy atom. The zero-order valence-corrected chi connectivity index (χ0v) is 51.7. The monoisotopic (exact) mass is 1080 g/mol. The number of aliphatic hydroxyl groups excluding tert-OH is 1. The molecule has 1 amide bonds. The second-order valence-corrected chi connectivity index (χ2v) is 25.2. The molecule has 9 heteroatoms. The second-order valence-electron chi connectivity index (χ2n) is 23.8. The lowest BCUT2D eigenvalue weighted by molar-refractivity contribution is -0.870. The molecule has 0 aliphatic carbocycles. The van der Waals surface area contributed by atoms with Crippen molar-refractivity contribution in [1.29, 1.82) is 0 Å². The molecule has 3 atom stereocenters. The maximum absolute atomic E-state index is 13.0. The van der Waals surface area contributed by atoms with Gasteiger partial charge >= 0.3 is 0 Å². The first-order valence-electron chi connectivity index (χ1n) is 32.9. The topological polar surface area (TPSA) is 108 Å². The van der Waals surface area contributed by atoms with Crippen molar-refractivity contribution < 1.29 is 32.9 Å². The summed E-state index contributed by atoms with van der Waals surface area (Å²) in [6, 6.07) is -0.885. The van der Waals surface area contributed by atoms with Crippen molar-refractivity contribution in [2.75, 3.05) is 40.9 Å². The Morgan fingerprint density at radius 3 is 1.11 bits per heavy atom. The van der Waals surface area contributed by atoms with E-state index in [9.17, 15) is 19.4 Å². The molecule has 0 aliphatic heterocycles. The predicted octanol–water partition coefficient (Wildman–Crippen LogP) is 19.9. The number of nitrogens with zero attached hydrogens (tertiary/aromatic N) is 1. The molecule has 3 unspecified atom stereocenters. The number of phosphoric acid groups is 1. The molecule has 0 aromatic rings. The molecule has 0 saturated heterocycles. The smallest absolute Gasteiger partial charge is 0.268 e. The van der Waals surface area contributed by atoms with Crippen LogP contribution in [0.3, 0.4) is 0 Å². The molecule has 0 aliphatic rings. The lowest BCUT2D eigenvalue weighted by Gasteiger charge is -2.29. The number of hydrogen-bond acceptors (Lipinski definition) is 6. The van der Waals surface area contributed by atoms with Crippen LogP contribution in [0.25, 0.3) is 0 Å². The SMILES string of the molecule is CCCCCCCCCCCCCCC/C=C\C/C=C\CCCCCCCCCCCCCCCCCCCC(=O)NC(COP(=O)([O-])OCC[N+](C)(C)C)C(O)/C=C/CCCCCCCCCCCCCCCC. The van der Waals surface area contributed by atoms with Gasteiger partial charge < -0.3 is 28.8 Å². The molecule has 0 spiro atoms. The predicted molar refractivity (Wildman–Crippen MR) is 325 cm³/mol. The summed E-state index contributed by atoms with van der Waals surface area (Å²) in [6.45, 7) is 4.69. The van der Waals surface area contributed by atoms with Crippen LogP contribution < -0.4 is 10.2 Å². The van der Waals surface area contributed by atoms with Gasteiger partial charge in [0.25, 0.3) is 7.82 Å². The number of carbonyl (C=O) groups excluding carboxylic acids is 1. The quantitative estimate of drug-likeness (QED) is 0.0272. The molecule has 0 radical (unpaired) electrons. The van der Waals surface area contributed by atoms with E-state index in [-0.39, 0.29) is 19.1 Å². The number of quaternary nitrogens is 1. The Balaban J connectivity index is 3.96. The number of carbonyl (C=O) groups is 1. The Kier molecular flexibility index (Phi) is 56.4. The zero-order chi connectivity index (χ0) is 54.9. The average Bonchev–Trinajstić information content (AvgIpc) is 3.37. The van der Waals surface area contributed by atoms with E-state index >= 15 is 0 Å². The van der Waals surface area contributed by atoms with Gasteiger partial charge in [0.1, 0.15) is 13.2 Å². The molecular weight excluding hydrogens is 948 g/mol. The standard InChI is InChI=1S/C66H129N2O6P/c1-6-8-10-12-14-16-18-20-22-24-25-26-27-28-29-30-31-32-33-34-35-36-37-38-39-40-41-42-43-44-46-48-50-52-54-56-58-60-66(70)67-64(63-74-75(71,72)73-62-61-68(3,4)5)65(69)59-57-55-53-51-49-47-45-23-21-19-17-15-13-11-9-7-2/h29-30,32-33,57,59,64-65,69H,6-28,31,34-56,58,60-63H2,1-5H3,(H-,67,70,71,72)/b30-29-,33-32-,59-57+. The van der Waals surface area contributed by atoms with Gasteiger partial charge in [-0.15, -0.1) is 0 Å². The van der Waals surface area contributed by atoms with E-state index in [2.05, 4.69) is 43.5 Å². The van der Waals surface area contributed by atoms with Crippen LogP contribution in [0.2, 0.25) is 0 Å². The molecular formula is C66H129N2O6P. The van der Waals surface area contributed by atoms with Crippen molar-refractivity contribution in [3.8, 4) is 0 Å². The minimum Gasteiger partial charge on any atom is -0.756 e. The molecule has 0 saturated carbocycles. The van der Waals surface area contributed by atoms with Crippen LogP contribution in [-0.4, -0.2) is 68.5 Å². The number of likely N-dealkylation sites (N-methyl/N-ethyl adjacent to an activating group) is 1. The number of rotatable bonds is 61. The fourth-order valence-electron chi connectivity index (χ4n) is 9.95. The van der Waals surface area contributed by atoms with E-state index in [1.54, 1.807) is 6.08 Å². The molecule has 0 heterocycles. The van der Waals surface area contributed by atoms with Crippen LogP contribution in [0.4, 0.5) is 0 Å². The number of nitrogens with one attached hydrogen (secondary N) is 1. The van der Waals surface area contributed by atoms with Gasteiger partial charge in [0, 0.05) is 6.42 Å². The third-order valence-electron chi connectivity index (χ3n) is 15.1. The Hall–Kier alpha value is -1.28. The molecule has 0 rings (SSSR count). The van der Waals surface area contributed by atoms with Crippen molar-refractivity contribution in [3.05, 3.63) is 36.5 Å². The van der Waals surface area contributed by atoms with Crippen LogP contribution in [0, 0.1) is 0 Å². The first kappa shape index (κ1) is 73.7. The summed E-state index contributed by atoms with van der Waals surface area (Å²) in [5, 5.41) is 13.9. The van der Waals surface area contributed by atoms with E-state index < -0.39 is 20.0 Å². The Bertz CT molecular complexity index is 1320. The van der Waals surface area contributed by atoms with Gasteiger partial charge in [-0.05, 0) is 51.4 Å². The average molecular weight is 1080 g/mol. The largest absolute Gasteiger partial charge is 0.756 e. The van der Waals surface area contributed by atoms with E-state index in [1.807, 2.05) is 27.2 Å². The van der Waals surface area contributed by atoms with Crippen molar-refractivity contribution in [2.24, 2.45) is 0 Å². The Morgan fingerprint density at radius 1 is 0.467 bits per heavy atom. The normalized spacial score (nSPS) is 14.0. The molecule has 0 bridgehead atoms. The third kappa shape index (κ3) is 60.2. The Labute approximate surface area is 467 Å². The highest BCUT2D eigenvalue weighted by Crippen LogP contribution is 2.38. The van der Waals surface area contributed by atoms with Crippen molar-refractivity contribution >= 4 is 13.7 Å². The molecule has 75 heavy (non-hydrogen) atoms. The molecule has 8 nitrogen and oxygen atoms in total. The summed E-state index contributed by atoms with van der Waals surface area (Å²) in [5.74, 6) is -0.193. The lowest BCUT2D eigenvalue weighted by Crippen LogP contribution is -2.45. The highest BCUT2D eigenvalue weighted by atomic mass is 31.2. The van der Waals surface area contributed by atoms with Crippen molar-refractivity contribution in [3.63, 3.8) is 0 Å².